The van der Waals surface area contributed by atoms with Gasteiger partial charge in [-0.05, 0) is 0 Å². The van der Waals surface area contributed by atoms with Gasteiger partial charge in [-0.3, -0.25) is 0 Å². The molecule has 0 aliphatic carbocycles. The minimum Gasteiger partial charge on any atom is -0.327 e. The van der Waals surface area contributed by atoms with Gasteiger partial charge in [-0.2, -0.15) is 0 Å². The Morgan fingerprint density at radius 1 is 1.33 bits per heavy atom. The zero-order valence-electron chi connectivity index (χ0n) is 8.25. The Morgan fingerprint density at radius 2 is 2.07 bits per heavy atom. The van der Waals surface area contributed by atoms with E-state index in [1.807, 2.05) is 53.5 Å². The molecule has 4 heteroatoms. The Hall–Kier alpha value is -1.26. The lowest BCUT2D eigenvalue weighted by Crippen LogP contribution is -2.12. The lowest BCUT2D eigenvalue weighted by atomic mass is 10.2. The third-order valence-corrected chi connectivity index (χ3v) is 3.15. The van der Waals surface area contributed by atoms with Crippen molar-refractivity contribution in [2.24, 2.45) is 12.0 Å². The molecule has 0 spiro atoms. The highest BCUT2D eigenvalue weighted by Crippen LogP contribution is 2.02. The molecule has 0 aliphatic rings. The molecule has 2 rings (SSSR count). The summed E-state index contributed by atoms with van der Waals surface area (Å²) in [5.74, 6) is 0. The van der Waals surface area contributed by atoms with Crippen molar-refractivity contribution in [3.05, 3.63) is 52.3 Å². The van der Waals surface area contributed by atoms with E-state index in [-0.39, 0.29) is 0 Å². The van der Waals surface area contributed by atoms with Crippen LogP contribution in [0.5, 0.6) is 0 Å². The summed E-state index contributed by atoms with van der Waals surface area (Å²) in [5.41, 5.74) is 0.987. The maximum absolute atomic E-state index is 5.25. The summed E-state index contributed by atoms with van der Waals surface area (Å²) in [6, 6.07) is 9.84. The summed E-state index contributed by atoms with van der Waals surface area (Å²) in [6.07, 6.45) is 1.97. The predicted molar refractivity (Wildman–Crippen MR) is 67.0 cm³/mol. The Labute approximate surface area is 97.5 Å². The zero-order chi connectivity index (χ0) is 10.7. The van der Waals surface area contributed by atoms with Gasteiger partial charge in [0, 0.05) is 24.2 Å². The molecule has 2 aromatic rings. The van der Waals surface area contributed by atoms with Gasteiger partial charge in [0.05, 0.1) is 0 Å². The summed E-state index contributed by atoms with van der Waals surface area (Å²) < 4.78 is 1.96. The lowest BCUT2D eigenvalue weighted by molar-refractivity contribution is 0.878. The number of aromatic nitrogens is 1. The molecular formula is C11H10N2S2. The van der Waals surface area contributed by atoms with Gasteiger partial charge in [0.25, 0.3) is 0 Å². The molecule has 15 heavy (non-hydrogen) atoms. The average Bonchev–Trinajstić information content (AvgIpc) is 2.66. The zero-order valence-corrected chi connectivity index (χ0v) is 9.89. The number of thiocarbonyl (C=S) groups is 1. The molecule has 0 N–H and O–H groups in total. The van der Waals surface area contributed by atoms with Crippen LogP contribution in [-0.2, 0) is 7.05 Å². The molecule has 1 aromatic carbocycles. The van der Waals surface area contributed by atoms with Crippen LogP contribution in [-0.4, -0.2) is 9.56 Å². The van der Waals surface area contributed by atoms with Gasteiger partial charge < -0.3 is 4.57 Å². The Bertz CT molecular complexity index is 523. The molecule has 0 amide bonds. The van der Waals surface area contributed by atoms with E-state index in [9.17, 15) is 0 Å². The van der Waals surface area contributed by atoms with Crippen LogP contribution in [0.2, 0.25) is 0 Å². The van der Waals surface area contributed by atoms with Gasteiger partial charge in [-0.1, -0.05) is 42.5 Å². The summed E-state index contributed by atoms with van der Waals surface area (Å²) in [4.78, 5) is 5.96. The molecule has 0 fully saturated rings. The number of hydrogen-bond acceptors (Lipinski definition) is 2. The number of aryl methyl sites for hydroxylation is 1. The van der Waals surface area contributed by atoms with Gasteiger partial charge in [0.2, 0.25) is 0 Å². The first-order valence-corrected chi connectivity index (χ1v) is 5.80. The molecule has 0 radical (unpaired) electrons. The van der Waals surface area contributed by atoms with Crippen LogP contribution in [0, 0.1) is 0 Å². The van der Waals surface area contributed by atoms with E-state index in [1.165, 1.54) is 0 Å². The highest BCUT2D eigenvalue weighted by Gasteiger charge is 1.97. The lowest BCUT2D eigenvalue weighted by Gasteiger charge is -1.96. The number of rotatable bonds is 1. The van der Waals surface area contributed by atoms with Crippen LogP contribution < -0.4 is 4.80 Å². The van der Waals surface area contributed by atoms with Gasteiger partial charge in [0.1, 0.15) is 4.99 Å². The molecule has 2 nitrogen and oxygen atoms in total. The van der Waals surface area contributed by atoms with E-state index >= 15 is 0 Å². The second-order valence-electron chi connectivity index (χ2n) is 3.08. The fraction of sp³-hybridized carbons (Fsp3) is 0.0909. The molecule has 0 atom stereocenters. The quantitative estimate of drug-likeness (QED) is 0.692. The molecule has 0 unspecified atom stereocenters. The second-order valence-corrected chi connectivity index (χ2v) is 4.34. The van der Waals surface area contributed by atoms with Crippen molar-refractivity contribution in [3.8, 4) is 0 Å². The van der Waals surface area contributed by atoms with Gasteiger partial charge >= 0.3 is 0 Å². The van der Waals surface area contributed by atoms with E-state index < -0.39 is 0 Å². The number of benzene rings is 1. The SMILES string of the molecule is Cn1ccsc1=NC(=S)c1ccccc1. The molecule has 1 heterocycles. The normalized spacial score (nSPS) is 11.7. The monoisotopic (exact) mass is 234 g/mol. The summed E-state index contributed by atoms with van der Waals surface area (Å²) >= 11 is 6.84. The number of nitrogens with zero attached hydrogens (tertiary/aromatic N) is 2. The van der Waals surface area contributed by atoms with Crippen LogP contribution in [0.25, 0.3) is 0 Å². The summed E-state index contributed by atoms with van der Waals surface area (Å²) in [7, 11) is 1.96. The van der Waals surface area contributed by atoms with Crippen LogP contribution >= 0.6 is 23.6 Å². The van der Waals surface area contributed by atoms with Gasteiger partial charge in [-0.15, -0.1) is 11.3 Å². The van der Waals surface area contributed by atoms with E-state index in [0.717, 1.165) is 10.4 Å². The smallest absolute Gasteiger partial charge is 0.190 e. The Morgan fingerprint density at radius 3 is 2.67 bits per heavy atom. The van der Waals surface area contributed by atoms with E-state index in [2.05, 4.69) is 4.99 Å². The van der Waals surface area contributed by atoms with E-state index in [4.69, 9.17) is 12.2 Å². The third kappa shape index (κ3) is 2.40. The standard InChI is InChI=1S/C11H10N2S2/c1-13-7-8-15-11(13)12-10(14)9-5-3-2-4-6-9/h2-8H,1H3. The summed E-state index contributed by atoms with van der Waals surface area (Å²) in [6.45, 7) is 0. The van der Waals surface area contributed by atoms with Gasteiger partial charge in [-0.25, -0.2) is 4.99 Å². The number of hydrogen-bond donors (Lipinski definition) is 0. The average molecular weight is 234 g/mol. The van der Waals surface area contributed by atoms with Crippen molar-refractivity contribution in [2.45, 2.75) is 0 Å². The molecule has 1 aromatic heterocycles. The third-order valence-electron chi connectivity index (χ3n) is 1.98. The van der Waals surface area contributed by atoms with Crippen molar-refractivity contribution in [3.63, 3.8) is 0 Å². The van der Waals surface area contributed by atoms with Crippen molar-refractivity contribution in [1.29, 1.82) is 0 Å². The Kier molecular flexibility index (Phi) is 3.08. The van der Waals surface area contributed by atoms with E-state index in [1.54, 1.807) is 11.3 Å². The first-order valence-electron chi connectivity index (χ1n) is 4.51. The second kappa shape index (κ2) is 4.51. The van der Waals surface area contributed by atoms with Crippen LogP contribution in [0.4, 0.5) is 0 Å². The van der Waals surface area contributed by atoms with E-state index in [0.29, 0.717) is 4.99 Å². The maximum atomic E-state index is 5.25. The largest absolute Gasteiger partial charge is 0.327 e. The fourth-order valence-corrected chi connectivity index (χ4v) is 2.18. The minimum atomic E-state index is 0.633. The topological polar surface area (TPSA) is 17.3 Å². The summed E-state index contributed by atoms with van der Waals surface area (Å²) in [5, 5.41) is 1.99. The Balaban J connectivity index is 2.36. The van der Waals surface area contributed by atoms with Crippen molar-refractivity contribution >= 4 is 28.5 Å². The molecule has 76 valence electrons. The maximum Gasteiger partial charge on any atom is 0.190 e. The molecule has 0 saturated heterocycles. The highest BCUT2D eigenvalue weighted by atomic mass is 32.1. The first kappa shape index (κ1) is 10.3. The first-order chi connectivity index (χ1) is 7.27. The molecule has 0 bridgehead atoms. The predicted octanol–water partition coefficient (Wildman–Crippen LogP) is 2.36. The van der Waals surface area contributed by atoms with Crippen molar-refractivity contribution in [2.75, 3.05) is 0 Å². The van der Waals surface area contributed by atoms with Crippen molar-refractivity contribution in [1.82, 2.24) is 4.57 Å². The molecule has 0 aliphatic heterocycles. The van der Waals surface area contributed by atoms with Gasteiger partial charge in [0.15, 0.2) is 4.80 Å². The minimum absolute atomic E-state index is 0.633. The highest BCUT2D eigenvalue weighted by molar-refractivity contribution is 7.80. The van der Waals surface area contributed by atoms with Crippen molar-refractivity contribution < 1.29 is 0 Å². The van der Waals surface area contributed by atoms with Crippen LogP contribution in [0.3, 0.4) is 0 Å². The number of thiazole rings is 1. The molecule has 0 saturated carbocycles. The fourth-order valence-electron chi connectivity index (χ4n) is 1.17. The van der Waals surface area contributed by atoms with Crippen LogP contribution in [0.1, 0.15) is 5.56 Å². The van der Waals surface area contributed by atoms with Crippen LogP contribution in [0.15, 0.2) is 46.9 Å². The molecular weight excluding hydrogens is 224 g/mol.